The zero-order valence-electron chi connectivity index (χ0n) is 13.8. The molecule has 6 heteroatoms. The van der Waals surface area contributed by atoms with Crippen molar-refractivity contribution in [3.8, 4) is 6.07 Å². The van der Waals surface area contributed by atoms with Crippen LogP contribution in [0.4, 0.5) is 5.00 Å². The zero-order valence-corrected chi connectivity index (χ0v) is 15.3. The summed E-state index contributed by atoms with van der Waals surface area (Å²) in [6.07, 6.45) is 2.61. The molecule has 0 radical (unpaired) electrons. The van der Waals surface area contributed by atoms with Crippen LogP contribution in [-0.2, 0) is 13.1 Å². The Bertz CT molecular complexity index is 712. The van der Waals surface area contributed by atoms with E-state index < -0.39 is 0 Å². The van der Waals surface area contributed by atoms with E-state index in [9.17, 15) is 0 Å². The van der Waals surface area contributed by atoms with Crippen molar-refractivity contribution in [1.29, 1.82) is 5.26 Å². The van der Waals surface area contributed by atoms with Gasteiger partial charge in [0.15, 0.2) is 5.15 Å². The summed E-state index contributed by atoms with van der Waals surface area (Å²) in [7, 11) is 0. The Morgan fingerprint density at radius 3 is 2.62 bits per heavy atom. The molecule has 1 N–H and O–H groups in total. The number of hydrogen-bond donors (Lipinski definition) is 1. The molecule has 0 unspecified atom stereocenters. The highest BCUT2D eigenvalue weighted by Gasteiger charge is 2.15. The summed E-state index contributed by atoms with van der Waals surface area (Å²) < 4.78 is 4.00. The summed E-state index contributed by atoms with van der Waals surface area (Å²) in [5, 5.41) is 13.3. The predicted octanol–water partition coefficient (Wildman–Crippen LogP) is 4.51. The van der Waals surface area contributed by atoms with Crippen molar-refractivity contribution in [2.45, 2.75) is 32.9 Å². The van der Waals surface area contributed by atoms with Gasteiger partial charge in [0.1, 0.15) is 16.6 Å². The maximum absolute atomic E-state index is 9.08. The van der Waals surface area contributed by atoms with Gasteiger partial charge in [-0.25, -0.2) is 0 Å². The van der Waals surface area contributed by atoms with E-state index in [1.807, 2.05) is 0 Å². The molecule has 0 saturated carbocycles. The minimum atomic E-state index is 0.274. The standard InChI is InChI=1S/C18H21ClN4S/c1-13-6-8-23(9-7-13)12-15-4-2-14(3-5-15)11-21-18-16(10-20)17(19)22-24-18/h2-5,13,21H,6-9,11-12H2,1H3. The second-order valence-electron chi connectivity index (χ2n) is 6.42. The molecular formula is C18H21ClN4S. The fraction of sp³-hybridized carbons (Fsp3) is 0.444. The Balaban J connectivity index is 1.54. The van der Waals surface area contributed by atoms with Crippen LogP contribution in [0.2, 0.25) is 5.15 Å². The van der Waals surface area contributed by atoms with Gasteiger partial charge < -0.3 is 5.32 Å². The van der Waals surface area contributed by atoms with Gasteiger partial charge in [-0.1, -0.05) is 42.8 Å². The summed E-state index contributed by atoms with van der Waals surface area (Å²) in [6, 6.07) is 10.8. The second kappa shape index (κ2) is 7.98. The number of rotatable bonds is 5. The van der Waals surface area contributed by atoms with Gasteiger partial charge in [0.05, 0.1) is 0 Å². The van der Waals surface area contributed by atoms with Gasteiger partial charge in [-0.15, -0.1) is 0 Å². The highest BCUT2D eigenvalue weighted by Crippen LogP contribution is 2.28. The van der Waals surface area contributed by atoms with Crippen LogP contribution in [0.5, 0.6) is 0 Å². The lowest BCUT2D eigenvalue weighted by Gasteiger charge is -2.30. The van der Waals surface area contributed by atoms with Crippen molar-refractivity contribution < 1.29 is 0 Å². The van der Waals surface area contributed by atoms with Crippen molar-refractivity contribution >= 4 is 28.1 Å². The van der Waals surface area contributed by atoms with Gasteiger partial charge in [0.25, 0.3) is 0 Å². The summed E-state index contributed by atoms with van der Waals surface area (Å²) in [5.41, 5.74) is 2.96. The molecule has 0 bridgehead atoms. The van der Waals surface area contributed by atoms with Crippen molar-refractivity contribution in [2.24, 2.45) is 5.92 Å². The van der Waals surface area contributed by atoms with Crippen molar-refractivity contribution in [2.75, 3.05) is 18.4 Å². The fourth-order valence-electron chi connectivity index (χ4n) is 2.91. The van der Waals surface area contributed by atoms with Crippen LogP contribution < -0.4 is 5.32 Å². The summed E-state index contributed by atoms with van der Waals surface area (Å²) in [4.78, 5) is 2.53. The van der Waals surface area contributed by atoms with E-state index in [4.69, 9.17) is 16.9 Å². The van der Waals surface area contributed by atoms with Gasteiger partial charge in [-0.05, 0) is 54.5 Å². The normalized spacial score (nSPS) is 16.0. The molecule has 2 aromatic rings. The third-order valence-corrected chi connectivity index (χ3v) is 5.70. The number of nitrogens with one attached hydrogen (secondary N) is 1. The van der Waals surface area contributed by atoms with Crippen molar-refractivity contribution in [3.63, 3.8) is 0 Å². The maximum Gasteiger partial charge on any atom is 0.162 e. The van der Waals surface area contributed by atoms with Crippen molar-refractivity contribution in [3.05, 3.63) is 46.1 Å². The maximum atomic E-state index is 9.08. The number of nitriles is 1. The Morgan fingerprint density at radius 2 is 1.96 bits per heavy atom. The van der Waals surface area contributed by atoms with Gasteiger partial charge in [0, 0.05) is 13.1 Å². The minimum Gasteiger partial charge on any atom is -0.370 e. The van der Waals surface area contributed by atoms with E-state index in [1.165, 1.54) is 48.6 Å². The van der Waals surface area contributed by atoms with Crippen LogP contribution in [0.1, 0.15) is 36.5 Å². The number of halogens is 1. The molecule has 0 aliphatic carbocycles. The van der Waals surface area contributed by atoms with Crippen LogP contribution in [0, 0.1) is 17.2 Å². The van der Waals surface area contributed by atoms with E-state index in [1.54, 1.807) is 0 Å². The third-order valence-electron chi connectivity index (χ3n) is 4.52. The van der Waals surface area contributed by atoms with Crippen LogP contribution in [0.3, 0.4) is 0 Å². The average Bonchev–Trinajstić information content (AvgIpc) is 2.96. The SMILES string of the molecule is CC1CCN(Cc2ccc(CNc3snc(Cl)c3C#N)cc2)CC1. The Kier molecular flexibility index (Phi) is 5.72. The number of benzene rings is 1. The number of anilines is 1. The van der Waals surface area contributed by atoms with E-state index in [0.29, 0.717) is 12.1 Å². The highest BCUT2D eigenvalue weighted by molar-refractivity contribution is 7.10. The Hall–Kier alpha value is -1.61. The highest BCUT2D eigenvalue weighted by atomic mass is 35.5. The topological polar surface area (TPSA) is 52.0 Å². The molecule has 1 aromatic carbocycles. The lowest BCUT2D eigenvalue weighted by atomic mass is 9.99. The van der Waals surface area contributed by atoms with E-state index in [0.717, 1.165) is 17.5 Å². The first-order chi connectivity index (χ1) is 11.7. The summed E-state index contributed by atoms with van der Waals surface area (Å²) in [6.45, 7) is 6.44. The zero-order chi connectivity index (χ0) is 16.9. The lowest BCUT2D eigenvalue weighted by Crippen LogP contribution is -2.32. The second-order valence-corrected chi connectivity index (χ2v) is 7.55. The molecule has 1 aromatic heterocycles. The molecule has 126 valence electrons. The number of hydrogen-bond acceptors (Lipinski definition) is 5. The molecule has 1 fully saturated rings. The predicted molar refractivity (Wildman–Crippen MR) is 99.3 cm³/mol. The summed E-state index contributed by atoms with van der Waals surface area (Å²) in [5.74, 6) is 0.869. The molecule has 0 atom stereocenters. The average molecular weight is 361 g/mol. The summed E-state index contributed by atoms with van der Waals surface area (Å²) >= 11 is 7.11. The largest absolute Gasteiger partial charge is 0.370 e. The van der Waals surface area contributed by atoms with Gasteiger partial charge in [-0.3, -0.25) is 4.90 Å². The monoisotopic (exact) mass is 360 g/mol. The van der Waals surface area contributed by atoms with Crippen LogP contribution in [0.15, 0.2) is 24.3 Å². The molecule has 0 amide bonds. The first-order valence-corrected chi connectivity index (χ1v) is 9.40. The Labute approximate surface area is 152 Å². The quantitative estimate of drug-likeness (QED) is 0.852. The molecule has 4 nitrogen and oxygen atoms in total. The first kappa shape index (κ1) is 17.2. The van der Waals surface area contributed by atoms with Crippen LogP contribution in [-0.4, -0.2) is 22.4 Å². The molecule has 24 heavy (non-hydrogen) atoms. The number of piperidine rings is 1. The van der Waals surface area contributed by atoms with E-state index in [2.05, 4.69) is 51.8 Å². The van der Waals surface area contributed by atoms with E-state index >= 15 is 0 Å². The molecule has 1 aliphatic rings. The Morgan fingerprint density at radius 1 is 1.29 bits per heavy atom. The first-order valence-electron chi connectivity index (χ1n) is 8.25. The fourth-order valence-corrected chi connectivity index (χ4v) is 3.84. The number of nitrogens with zero attached hydrogens (tertiary/aromatic N) is 3. The number of likely N-dealkylation sites (tertiary alicyclic amines) is 1. The molecule has 2 heterocycles. The van der Waals surface area contributed by atoms with Gasteiger partial charge >= 0.3 is 0 Å². The van der Waals surface area contributed by atoms with Crippen molar-refractivity contribution in [1.82, 2.24) is 9.27 Å². The van der Waals surface area contributed by atoms with Gasteiger partial charge in [0.2, 0.25) is 0 Å². The third kappa shape index (κ3) is 4.27. The molecule has 1 aliphatic heterocycles. The molecular weight excluding hydrogens is 340 g/mol. The number of aromatic nitrogens is 1. The molecule has 1 saturated heterocycles. The smallest absolute Gasteiger partial charge is 0.162 e. The minimum absolute atomic E-state index is 0.274. The van der Waals surface area contributed by atoms with E-state index in [-0.39, 0.29) is 5.15 Å². The molecule has 0 spiro atoms. The molecule has 3 rings (SSSR count). The van der Waals surface area contributed by atoms with Crippen LogP contribution >= 0.6 is 23.1 Å². The van der Waals surface area contributed by atoms with Crippen LogP contribution in [0.25, 0.3) is 0 Å². The lowest BCUT2D eigenvalue weighted by molar-refractivity contribution is 0.185. The van der Waals surface area contributed by atoms with Gasteiger partial charge in [-0.2, -0.15) is 9.64 Å².